The first-order valence-electron chi connectivity index (χ1n) is 3.36. The van der Waals surface area contributed by atoms with Gasteiger partial charge in [0.25, 0.3) is 5.95 Å². The van der Waals surface area contributed by atoms with Crippen LogP contribution in [0, 0.1) is 0 Å². The van der Waals surface area contributed by atoms with Crippen LogP contribution >= 0.6 is 0 Å². The molecular formula is C5H10N6O2. The topological polar surface area (TPSA) is 123 Å². The summed E-state index contributed by atoms with van der Waals surface area (Å²) in [6.45, 7) is -0.0805. The van der Waals surface area contributed by atoms with Gasteiger partial charge in [0.05, 0.1) is 0 Å². The molecule has 0 saturated heterocycles. The lowest BCUT2D eigenvalue weighted by atomic mass is 10.8. The minimum Gasteiger partial charge on any atom is -0.368 e. The molecule has 8 heteroatoms. The van der Waals surface area contributed by atoms with Crippen LogP contribution in [0.4, 0.5) is 17.8 Å². The van der Waals surface area contributed by atoms with Gasteiger partial charge in [-0.25, -0.2) is 0 Å². The zero-order valence-corrected chi connectivity index (χ0v) is 7.01. The summed E-state index contributed by atoms with van der Waals surface area (Å²) in [5.41, 5.74) is 10.5. The molecule has 1 rings (SSSR count). The highest BCUT2D eigenvalue weighted by atomic mass is 16.6. The molecule has 0 aliphatic rings. The van der Waals surface area contributed by atoms with Crippen molar-refractivity contribution in [3.63, 3.8) is 0 Å². The van der Waals surface area contributed by atoms with Crippen LogP contribution in [-0.2, 0) is 4.74 Å². The van der Waals surface area contributed by atoms with Crippen LogP contribution in [0.25, 0.3) is 0 Å². The fourth-order valence-corrected chi connectivity index (χ4v) is 0.693. The molecule has 13 heavy (non-hydrogen) atoms. The Morgan fingerprint density at radius 3 is 2.31 bits per heavy atom. The highest BCUT2D eigenvalue weighted by Gasteiger charge is 2.07. The normalized spacial score (nSPS) is 10.0. The molecule has 0 radical (unpaired) electrons. The molecule has 0 amide bonds. The number of rotatable bonds is 3. The van der Waals surface area contributed by atoms with E-state index in [9.17, 15) is 5.21 Å². The van der Waals surface area contributed by atoms with Gasteiger partial charge in [-0.15, -0.1) is 0 Å². The predicted octanol–water partition coefficient (Wildman–Crippen LogP) is -1.16. The number of ether oxygens (including phenoxy) is 1. The second-order valence-corrected chi connectivity index (χ2v) is 2.17. The molecule has 0 atom stereocenters. The van der Waals surface area contributed by atoms with Crippen molar-refractivity contribution in [2.24, 2.45) is 0 Å². The Bertz CT molecular complexity index is 272. The average molecular weight is 186 g/mol. The minimum absolute atomic E-state index is 0.0492. The zero-order chi connectivity index (χ0) is 9.84. The number of anilines is 3. The van der Waals surface area contributed by atoms with Crippen molar-refractivity contribution in [3.8, 4) is 0 Å². The van der Waals surface area contributed by atoms with E-state index in [1.807, 2.05) is 0 Å². The van der Waals surface area contributed by atoms with Gasteiger partial charge >= 0.3 is 0 Å². The van der Waals surface area contributed by atoms with Crippen LogP contribution in [0.2, 0.25) is 0 Å². The van der Waals surface area contributed by atoms with E-state index in [0.29, 0.717) is 5.06 Å². The Labute approximate surface area is 74.1 Å². The molecule has 0 fully saturated rings. The number of nitrogen functional groups attached to an aromatic ring is 2. The van der Waals surface area contributed by atoms with Crippen molar-refractivity contribution < 1.29 is 9.94 Å². The Kier molecular flexibility index (Phi) is 2.77. The lowest BCUT2D eigenvalue weighted by Crippen LogP contribution is -2.24. The van der Waals surface area contributed by atoms with E-state index in [2.05, 4.69) is 19.7 Å². The quantitative estimate of drug-likeness (QED) is 0.398. The molecule has 8 nitrogen and oxygen atoms in total. The maximum Gasteiger partial charge on any atom is 0.258 e. The smallest absolute Gasteiger partial charge is 0.258 e. The van der Waals surface area contributed by atoms with Gasteiger partial charge in [0.1, 0.15) is 6.73 Å². The number of hydrogen-bond acceptors (Lipinski definition) is 8. The molecule has 0 unspecified atom stereocenters. The maximum absolute atomic E-state index is 9.21. The molecule has 1 heterocycles. The first-order valence-corrected chi connectivity index (χ1v) is 3.36. The molecule has 72 valence electrons. The largest absolute Gasteiger partial charge is 0.368 e. The second kappa shape index (κ2) is 3.83. The lowest BCUT2D eigenvalue weighted by Gasteiger charge is -2.12. The van der Waals surface area contributed by atoms with Gasteiger partial charge in [-0.3, -0.25) is 5.21 Å². The zero-order valence-electron chi connectivity index (χ0n) is 7.01. The monoisotopic (exact) mass is 186 g/mol. The van der Waals surface area contributed by atoms with Gasteiger partial charge in [0, 0.05) is 7.11 Å². The summed E-state index contributed by atoms with van der Waals surface area (Å²) in [5.74, 6) is -0.165. The van der Waals surface area contributed by atoms with E-state index < -0.39 is 0 Å². The highest BCUT2D eigenvalue weighted by molar-refractivity contribution is 5.36. The van der Waals surface area contributed by atoms with Crippen LogP contribution in [0.3, 0.4) is 0 Å². The average Bonchev–Trinajstić information content (AvgIpc) is 2.03. The van der Waals surface area contributed by atoms with Crippen LogP contribution in [0.15, 0.2) is 0 Å². The summed E-state index contributed by atoms with van der Waals surface area (Å²) in [4.78, 5) is 10.8. The molecular weight excluding hydrogens is 176 g/mol. The Morgan fingerprint density at radius 1 is 1.31 bits per heavy atom. The molecule has 5 N–H and O–H groups in total. The Hall–Kier alpha value is -1.67. The standard InChI is InChI=1S/C5H10N6O2/c1-13-2-11(12)5-9-3(6)8-4(7)10-5/h12H,2H2,1H3,(H4,6,7,8,9,10). The summed E-state index contributed by atoms with van der Waals surface area (Å²) in [6, 6.07) is 0. The van der Waals surface area contributed by atoms with Crippen LogP contribution < -0.4 is 16.5 Å². The third kappa shape index (κ3) is 2.39. The summed E-state index contributed by atoms with van der Waals surface area (Å²) < 4.78 is 4.63. The van der Waals surface area contributed by atoms with Crippen LogP contribution in [0.5, 0.6) is 0 Å². The van der Waals surface area contributed by atoms with E-state index in [0.717, 1.165) is 0 Å². The van der Waals surface area contributed by atoms with E-state index in [1.54, 1.807) is 0 Å². The fraction of sp³-hybridized carbons (Fsp3) is 0.400. The maximum atomic E-state index is 9.21. The van der Waals surface area contributed by atoms with Crippen molar-refractivity contribution in [3.05, 3.63) is 0 Å². The Balaban J connectivity index is 2.87. The number of methoxy groups -OCH3 is 1. The van der Waals surface area contributed by atoms with Crippen molar-refractivity contribution in [2.75, 3.05) is 30.4 Å². The third-order valence-corrected chi connectivity index (χ3v) is 1.14. The van der Waals surface area contributed by atoms with Crippen molar-refractivity contribution in [2.45, 2.75) is 0 Å². The summed E-state index contributed by atoms with van der Waals surface area (Å²) >= 11 is 0. The molecule has 0 spiro atoms. The number of nitrogens with zero attached hydrogens (tertiary/aromatic N) is 4. The summed E-state index contributed by atoms with van der Waals surface area (Å²) in [6.07, 6.45) is 0. The van der Waals surface area contributed by atoms with Gasteiger partial charge in [0.15, 0.2) is 0 Å². The SMILES string of the molecule is COCN(O)c1nc(N)nc(N)n1. The predicted molar refractivity (Wildman–Crippen MR) is 44.8 cm³/mol. The Morgan fingerprint density at radius 2 is 1.85 bits per heavy atom. The van der Waals surface area contributed by atoms with E-state index in [1.165, 1.54) is 7.11 Å². The number of aromatic nitrogens is 3. The third-order valence-electron chi connectivity index (χ3n) is 1.14. The van der Waals surface area contributed by atoms with Crippen molar-refractivity contribution in [1.29, 1.82) is 0 Å². The van der Waals surface area contributed by atoms with Crippen LogP contribution in [0.1, 0.15) is 0 Å². The lowest BCUT2D eigenvalue weighted by molar-refractivity contribution is 0.106. The molecule has 0 bridgehead atoms. The first-order chi connectivity index (χ1) is 6.13. The van der Waals surface area contributed by atoms with Crippen molar-refractivity contribution >= 4 is 17.8 Å². The van der Waals surface area contributed by atoms with Crippen LogP contribution in [-0.4, -0.2) is 34.0 Å². The second-order valence-electron chi connectivity index (χ2n) is 2.17. The van der Waals surface area contributed by atoms with Gasteiger partial charge in [-0.1, -0.05) is 0 Å². The fourth-order valence-electron chi connectivity index (χ4n) is 0.693. The van der Waals surface area contributed by atoms with E-state index in [4.69, 9.17) is 11.5 Å². The highest BCUT2D eigenvalue weighted by Crippen LogP contribution is 2.07. The summed E-state index contributed by atoms with van der Waals surface area (Å²) in [5, 5.41) is 9.87. The molecule has 0 aliphatic heterocycles. The minimum atomic E-state index is -0.0805. The molecule has 0 saturated carbocycles. The summed E-state index contributed by atoms with van der Waals surface area (Å²) in [7, 11) is 1.41. The number of hydrogen-bond donors (Lipinski definition) is 3. The number of hydroxylamine groups is 1. The van der Waals surface area contributed by atoms with Gasteiger partial charge < -0.3 is 16.2 Å². The van der Waals surface area contributed by atoms with E-state index in [-0.39, 0.29) is 24.6 Å². The van der Waals surface area contributed by atoms with Gasteiger partial charge in [0.2, 0.25) is 11.9 Å². The molecule has 0 aliphatic carbocycles. The number of nitrogens with two attached hydrogens (primary N) is 2. The van der Waals surface area contributed by atoms with E-state index >= 15 is 0 Å². The molecule has 1 aromatic heterocycles. The van der Waals surface area contributed by atoms with Gasteiger partial charge in [-0.2, -0.15) is 20.0 Å². The van der Waals surface area contributed by atoms with Gasteiger partial charge in [-0.05, 0) is 0 Å². The molecule has 1 aromatic rings. The molecule has 0 aromatic carbocycles. The van der Waals surface area contributed by atoms with Crippen molar-refractivity contribution in [1.82, 2.24) is 15.0 Å². The first kappa shape index (κ1) is 9.42.